The van der Waals surface area contributed by atoms with Crippen LogP contribution in [0.25, 0.3) is 0 Å². The van der Waals surface area contributed by atoms with E-state index < -0.39 is 6.04 Å². The number of carbonyl (C=O) groups excluding carboxylic acids is 1. The summed E-state index contributed by atoms with van der Waals surface area (Å²) in [5.41, 5.74) is 6.33. The lowest BCUT2D eigenvalue weighted by atomic mass is 9.87. The fourth-order valence-electron chi connectivity index (χ4n) is 1.29. The van der Waals surface area contributed by atoms with Gasteiger partial charge in [-0.05, 0) is 29.7 Å². The van der Waals surface area contributed by atoms with E-state index in [-0.39, 0.29) is 23.7 Å². The Kier molecular flexibility index (Phi) is 6.15. The molecule has 0 aliphatic carbocycles. The molecule has 1 aromatic carbocycles. The van der Waals surface area contributed by atoms with Crippen LogP contribution in [-0.4, -0.2) is 19.1 Å². The smallest absolute Gasteiger partial charge is 0.241 e. The Morgan fingerprint density at radius 1 is 1.28 bits per heavy atom. The van der Waals surface area contributed by atoms with Crippen LogP contribution in [-0.2, 0) is 4.79 Å². The number of methoxy groups -OCH3 is 1. The third-order valence-electron chi connectivity index (χ3n) is 2.57. The van der Waals surface area contributed by atoms with Gasteiger partial charge in [-0.2, -0.15) is 0 Å². The maximum Gasteiger partial charge on any atom is 0.241 e. The molecule has 0 unspecified atom stereocenters. The molecule has 1 atom stereocenters. The molecule has 102 valence electrons. The summed E-state index contributed by atoms with van der Waals surface area (Å²) >= 11 is 0. The van der Waals surface area contributed by atoms with Crippen LogP contribution in [0.15, 0.2) is 24.3 Å². The lowest BCUT2D eigenvalue weighted by Gasteiger charge is -2.25. The van der Waals surface area contributed by atoms with E-state index in [0.717, 1.165) is 11.4 Å². The van der Waals surface area contributed by atoms with Gasteiger partial charge in [-0.3, -0.25) is 4.79 Å². The van der Waals surface area contributed by atoms with E-state index >= 15 is 0 Å². The molecule has 0 saturated heterocycles. The highest BCUT2D eigenvalue weighted by molar-refractivity contribution is 5.95. The zero-order chi connectivity index (χ0) is 13.1. The van der Waals surface area contributed by atoms with Gasteiger partial charge in [0.2, 0.25) is 5.91 Å². The zero-order valence-corrected chi connectivity index (χ0v) is 12.0. The Balaban J connectivity index is 0.00000289. The maximum atomic E-state index is 11.8. The summed E-state index contributed by atoms with van der Waals surface area (Å²) < 4.78 is 5.04. The molecule has 5 heteroatoms. The third-order valence-corrected chi connectivity index (χ3v) is 2.57. The summed E-state index contributed by atoms with van der Waals surface area (Å²) in [6.45, 7) is 5.81. The number of nitrogens with two attached hydrogens (primary N) is 1. The predicted molar refractivity (Wildman–Crippen MR) is 76.3 cm³/mol. The van der Waals surface area contributed by atoms with Crippen molar-refractivity contribution in [3.05, 3.63) is 24.3 Å². The van der Waals surface area contributed by atoms with Crippen molar-refractivity contribution in [2.45, 2.75) is 26.8 Å². The second kappa shape index (κ2) is 6.61. The number of hydrogen-bond acceptors (Lipinski definition) is 3. The van der Waals surface area contributed by atoms with Crippen molar-refractivity contribution in [2.24, 2.45) is 11.1 Å². The summed E-state index contributed by atoms with van der Waals surface area (Å²) in [5.74, 6) is 0.575. The Hall–Kier alpha value is -1.26. The molecule has 4 nitrogen and oxygen atoms in total. The number of carbonyl (C=O) groups is 1. The number of halogens is 1. The molecule has 1 rings (SSSR count). The van der Waals surface area contributed by atoms with Crippen molar-refractivity contribution >= 4 is 24.0 Å². The van der Waals surface area contributed by atoms with Crippen LogP contribution in [0.5, 0.6) is 5.75 Å². The molecular formula is C13H21ClN2O2. The number of nitrogens with one attached hydrogen (secondary N) is 1. The SMILES string of the molecule is COc1ccc(NC(=O)[C@@H](N)C(C)(C)C)cc1.Cl. The second-order valence-electron chi connectivity index (χ2n) is 5.06. The Bertz CT molecular complexity index is 385. The van der Waals surface area contributed by atoms with Crippen LogP contribution in [0.3, 0.4) is 0 Å². The van der Waals surface area contributed by atoms with Gasteiger partial charge >= 0.3 is 0 Å². The van der Waals surface area contributed by atoms with Crippen LogP contribution in [0.1, 0.15) is 20.8 Å². The van der Waals surface area contributed by atoms with E-state index in [1.165, 1.54) is 0 Å². The lowest BCUT2D eigenvalue weighted by molar-refractivity contribution is -0.119. The predicted octanol–water partition coefficient (Wildman–Crippen LogP) is 2.43. The minimum atomic E-state index is -0.537. The molecule has 0 aliphatic rings. The number of ether oxygens (including phenoxy) is 1. The number of benzene rings is 1. The topological polar surface area (TPSA) is 64.3 Å². The lowest BCUT2D eigenvalue weighted by Crippen LogP contribution is -2.45. The van der Waals surface area contributed by atoms with Crippen LogP contribution in [0.2, 0.25) is 0 Å². The molecule has 0 radical (unpaired) electrons. The number of anilines is 1. The van der Waals surface area contributed by atoms with Crippen molar-refractivity contribution in [1.29, 1.82) is 0 Å². The first-order valence-corrected chi connectivity index (χ1v) is 5.55. The van der Waals surface area contributed by atoms with E-state index in [0.29, 0.717) is 0 Å². The average Bonchev–Trinajstić information content (AvgIpc) is 2.27. The summed E-state index contributed by atoms with van der Waals surface area (Å²) in [5, 5.41) is 2.78. The monoisotopic (exact) mass is 272 g/mol. The minimum Gasteiger partial charge on any atom is -0.497 e. The van der Waals surface area contributed by atoms with Crippen LogP contribution in [0.4, 0.5) is 5.69 Å². The van der Waals surface area contributed by atoms with Gasteiger partial charge in [0.05, 0.1) is 13.2 Å². The third kappa shape index (κ3) is 4.55. The van der Waals surface area contributed by atoms with E-state index in [1.807, 2.05) is 20.8 Å². The zero-order valence-electron chi connectivity index (χ0n) is 11.2. The molecule has 0 aliphatic heterocycles. The molecular weight excluding hydrogens is 252 g/mol. The van der Waals surface area contributed by atoms with Crippen LogP contribution < -0.4 is 15.8 Å². The van der Waals surface area contributed by atoms with Crippen LogP contribution >= 0.6 is 12.4 Å². The maximum absolute atomic E-state index is 11.8. The summed E-state index contributed by atoms with van der Waals surface area (Å²) in [6, 6.07) is 6.61. The number of amides is 1. The normalized spacial score (nSPS) is 12.3. The van der Waals surface area contributed by atoms with E-state index in [9.17, 15) is 4.79 Å². The highest BCUT2D eigenvalue weighted by Crippen LogP contribution is 2.20. The fourth-order valence-corrected chi connectivity index (χ4v) is 1.29. The van der Waals surface area contributed by atoms with Crippen molar-refractivity contribution in [1.82, 2.24) is 0 Å². The van der Waals surface area contributed by atoms with Crippen molar-refractivity contribution in [3.63, 3.8) is 0 Å². The van der Waals surface area contributed by atoms with Gasteiger partial charge < -0.3 is 15.8 Å². The highest BCUT2D eigenvalue weighted by Gasteiger charge is 2.27. The van der Waals surface area contributed by atoms with Crippen molar-refractivity contribution < 1.29 is 9.53 Å². The molecule has 0 fully saturated rings. The van der Waals surface area contributed by atoms with Gasteiger partial charge in [-0.1, -0.05) is 20.8 Å². The standard InChI is InChI=1S/C13H20N2O2.ClH/c1-13(2,3)11(14)12(16)15-9-5-7-10(17-4)8-6-9;/h5-8,11H,14H2,1-4H3,(H,15,16);1H/t11-;/m1./s1. The Labute approximate surface area is 114 Å². The van der Waals surface area contributed by atoms with E-state index in [1.54, 1.807) is 31.4 Å². The van der Waals surface area contributed by atoms with E-state index in [2.05, 4.69) is 5.32 Å². The van der Waals surface area contributed by atoms with Gasteiger partial charge in [-0.15, -0.1) is 12.4 Å². The van der Waals surface area contributed by atoms with E-state index in [4.69, 9.17) is 10.5 Å². The summed E-state index contributed by atoms with van der Waals surface area (Å²) in [4.78, 5) is 11.8. The van der Waals surface area contributed by atoms with Gasteiger partial charge in [0.25, 0.3) is 0 Å². The number of hydrogen-bond donors (Lipinski definition) is 2. The van der Waals surface area contributed by atoms with Gasteiger partial charge in [-0.25, -0.2) is 0 Å². The molecule has 0 saturated carbocycles. The molecule has 1 amide bonds. The number of rotatable bonds is 3. The molecule has 0 aromatic heterocycles. The molecule has 18 heavy (non-hydrogen) atoms. The van der Waals surface area contributed by atoms with Gasteiger partial charge in [0, 0.05) is 5.69 Å². The van der Waals surface area contributed by atoms with Gasteiger partial charge in [0.15, 0.2) is 0 Å². The first kappa shape index (κ1) is 16.7. The van der Waals surface area contributed by atoms with Crippen molar-refractivity contribution in [3.8, 4) is 5.75 Å². The highest BCUT2D eigenvalue weighted by atomic mass is 35.5. The van der Waals surface area contributed by atoms with Crippen molar-refractivity contribution in [2.75, 3.05) is 12.4 Å². The molecule has 0 spiro atoms. The second-order valence-corrected chi connectivity index (χ2v) is 5.06. The Morgan fingerprint density at radius 3 is 2.17 bits per heavy atom. The molecule has 1 aromatic rings. The van der Waals surface area contributed by atoms with Gasteiger partial charge in [0.1, 0.15) is 5.75 Å². The quantitative estimate of drug-likeness (QED) is 0.888. The average molecular weight is 273 g/mol. The molecule has 0 heterocycles. The van der Waals surface area contributed by atoms with Crippen LogP contribution in [0, 0.1) is 5.41 Å². The fraction of sp³-hybridized carbons (Fsp3) is 0.462. The summed E-state index contributed by atoms with van der Waals surface area (Å²) in [7, 11) is 1.60. The minimum absolute atomic E-state index is 0. The first-order valence-electron chi connectivity index (χ1n) is 5.55. The largest absolute Gasteiger partial charge is 0.497 e. The molecule has 0 bridgehead atoms. The first-order chi connectivity index (χ1) is 7.84. The molecule has 3 N–H and O–H groups in total. The Morgan fingerprint density at radius 2 is 1.78 bits per heavy atom. The summed E-state index contributed by atoms with van der Waals surface area (Å²) in [6.07, 6.45) is 0.